The van der Waals surface area contributed by atoms with E-state index in [1.165, 1.54) is 0 Å². The van der Waals surface area contributed by atoms with Gasteiger partial charge in [0.15, 0.2) is 0 Å². The zero-order valence-electron chi connectivity index (χ0n) is 12.2. The Bertz CT molecular complexity index is 207. The Kier molecular flexibility index (Phi) is 8.80. The molecule has 114 valence electrons. The van der Waals surface area contributed by atoms with Crippen LogP contribution in [-0.4, -0.2) is 48.2 Å². The van der Waals surface area contributed by atoms with Gasteiger partial charge in [0.1, 0.15) is 0 Å². The maximum Gasteiger partial charge on any atom is 0.707 e. The molecule has 1 atom stereocenters. The summed E-state index contributed by atoms with van der Waals surface area (Å²) < 4.78 is 26.9. The van der Waals surface area contributed by atoms with Crippen LogP contribution in [0.2, 0.25) is 0 Å². The third-order valence-electron chi connectivity index (χ3n) is 2.53. The average Bonchev–Trinajstić information content (AvgIpc) is 3.19. The Morgan fingerprint density at radius 3 is 2.05 bits per heavy atom. The normalized spacial score (nSPS) is 18.8. The lowest BCUT2D eigenvalue weighted by molar-refractivity contribution is -0.274. The second-order valence-electron chi connectivity index (χ2n) is 4.16. The van der Waals surface area contributed by atoms with Gasteiger partial charge in [-0.25, -0.2) is 4.89 Å². The highest BCUT2D eigenvalue weighted by Gasteiger charge is 2.46. The molecule has 0 aliphatic carbocycles. The van der Waals surface area contributed by atoms with E-state index in [1.807, 2.05) is 20.8 Å². The Morgan fingerprint density at radius 2 is 1.58 bits per heavy atom. The first-order chi connectivity index (χ1) is 9.26. The highest BCUT2D eigenvalue weighted by molar-refractivity contribution is 6.53. The quantitative estimate of drug-likeness (QED) is 0.170. The summed E-state index contributed by atoms with van der Waals surface area (Å²) in [7, 11) is -3.11. The van der Waals surface area contributed by atoms with Crippen LogP contribution in [0.25, 0.3) is 0 Å². The van der Waals surface area contributed by atoms with E-state index < -0.39 is 9.05 Å². The molecule has 0 aromatic carbocycles. The van der Waals surface area contributed by atoms with Crippen LogP contribution in [0.3, 0.4) is 0 Å². The lowest BCUT2D eigenvalue weighted by Crippen LogP contribution is -2.49. The summed E-state index contributed by atoms with van der Waals surface area (Å²) >= 11 is 0. The number of hydrogen-bond donors (Lipinski definition) is 0. The first-order valence-electron chi connectivity index (χ1n) is 7.10. The summed E-state index contributed by atoms with van der Waals surface area (Å²) in [6.45, 7) is 8.44. The predicted octanol–water partition coefficient (Wildman–Crippen LogP) is 2.05. The molecule has 0 aromatic rings. The average molecular weight is 294 g/mol. The maximum absolute atomic E-state index is 5.49. The Labute approximate surface area is 116 Å². The topological polar surface area (TPSA) is 58.7 Å². The molecule has 1 heterocycles. The van der Waals surface area contributed by atoms with Gasteiger partial charge in [0.2, 0.25) is 0 Å². The van der Waals surface area contributed by atoms with Gasteiger partial charge in [0.05, 0.1) is 19.3 Å². The van der Waals surface area contributed by atoms with E-state index in [2.05, 4.69) is 0 Å². The second-order valence-corrected chi connectivity index (χ2v) is 6.19. The zero-order chi connectivity index (χ0) is 14.0. The molecule has 0 aromatic heterocycles. The minimum atomic E-state index is -3.11. The van der Waals surface area contributed by atoms with Crippen molar-refractivity contribution in [3.8, 4) is 0 Å². The number of hydrogen-bond acceptors (Lipinski definition) is 6. The third-order valence-corrected chi connectivity index (χ3v) is 4.78. The van der Waals surface area contributed by atoms with Crippen molar-refractivity contribution >= 4 is 9.05 Å². The molecular weight excluding hydrogens is 268 g/mol. The van der Waals surface area contributed by atoms with Gasteiger partial charge in [-0.15, -0.1) is 0 Å². The highest BCUT2D eigenvalue weighted by Crippen LogP contribution is 2.17. The van der Waals surface area contributed by atoms with Crippen LogP contribution in [0.5, 0.6) is 0 Å². The van der Waals surface area contributed by atoms with Crippen molar-refractivity contribution in [3.05, 3.63) is 0 Å². The number of ether oxygens (including phenoxy) is 1. The number of unbranched alkanes of at least 4 members (excludes halogenated alkanes) is 1. The Balaban J connectivity index is 2.17. The molecule has 1 rings (SSSR count). The van der Waals surface area contributed by atoms with E-state index in [1.54, 1.807) is 0 Å². The third kappa shape index (κ3) is 7.36. The smallest absolute Gasteiger partial charge is 0.373 e. The predicted molar refractivity (Wildman–Crippen MR) is 71.3 cm³/mol. The van der Waals surface area contributed by atoms with Gasteiger partial charge in [0, 0.05) is 19.8 Å². The van der Waals surface area contributed by atoms with Gasteiger partial charge >= 0.3 is 9.05 Å². The fourth-order valence-electron chi connectivity index (χ4n) is 1.61. The Hall–Kier alpha value is -0.0231. The summed E-state index contributed by atoms with van der Waals surface area (Å²) in [5, 5.41) is 0. The van der Waals surface area contributed by atoms with Crippen molar-refractivity contribution in [1.29, 1.82) is 0 Å². The molecule has 19 heavy (non-hydrogen) atoms. The molecule has 1 aliphatic heterocycles. The van der Waals surface area contributed by atoms with Gasteiger partial charge in [-0.1, -0.05) is 0 Å². The van der Waals surface area contributed by atoms with E-state index in [0.29, 0.717) is 32.5 Å². The lowest BCUT2D eigenvalue weighted by atomic mass is 10.2. The van der Waals surface area contributed by atoms with Crippen LogP contribution in [0.15, 0.2) is 0 Å². The van der Waals surface area contributed by atoms with E-state index >= 15 is 0 Å². The van der Waals surface area contributed by atoms with Crippen LogP contribution < -0.4 is 0 Å². The van der Waals surface area contributed by atoms with Gasteiger partial charge in [-0.2, -0.15) is 4.58 Å². The molecule has 0 bridgehead atoms. The van der Waals surface area contributed by atoms with Crippen molar-refractivity contribution < 1.29 is 27.5 Å². The van der Waals surface area contributed by atoms with Crippen molar-refractivity contribution in [2.45, 2.75) is 46.1 Å². The maximum atomic E-state index is 5.49. The molecule has 0 saturated carbocycles. The SMILES string of the molecule is CCO[Si](OCC)(OCC)OOCCCCC1CO1. The minimum Gasteiger partial charge on any atom is -0.373 e. The zero-order valence-corrected chi connectivity index (χ0v) is 13.2. The fraction of sp³-hybridized carbons (Fsp3) is 1.00. The van der Waals surface area contributed by atoms with Gasteiger partial charge in [-0.05, 0) is 40.0 Å². The summed E-state index contributed by atoms with van der Waals surface area (Å²) in [4.78, 5) is 5.20. The van der Waals surface area contributed by atoms with E-state index in [-0.39, 0.29) is 0 Å². The monoisotopic (exact) mass is 294 g/mol. The summed E-state index contributed by atoms with van der Waals surface area (Å²) in [6, 6.07) is 0. The van der Waals surface area contributed by atoms with Gasteiger partial charge < -0.3 is 18.0 Å². The first kappa shape index (κ1) is 17.0. The minimum absolute atomic E-state index is 0.467. The molecule has 0 amide bonds. The van der Waals surface area contributed by atoms with Crippen molar-refractivity contribution in [3.63, 3.8) is 0 Å². The molecule has 1 aliphatic rings. The van der Waals surface area contributed by atoms with Crippen LogP contribution in [0, 0.1) is 0 Å². The second kappa shape index (κ2) is 9.81. The molecule has 6 nitrogen and oxygen atoms in total. The van der Waals surface area contributed by atoms with Gasteiger partial charge in [-0.3, -0.25) is 0 Å². The Morgan fingerprint density at radius 1 is 1.00 bits per heavy atom. The largest absolute Gasteiger partial charge is 0.707 e. The highest BCUT2D eigenvalue weighted by atomic mass is 28.4. The van der Waals surface area contributed by atoms with Gasteiger partial charge in [0.25, 0.3) is 0 Å². The van der Waals surface area contributed by atoms with Crippen LogP contribution in [0.1, 0.15) is 40.0 Å². The van der Waals surface area contributed by atoms with Crippen LogP contribution in [0.4, 0.5) is 0 Å². The van der Waals surface area contributed by atoms with E-state index in [9.17, 15) is 0 Å². The summed E-state index contributed by atoms with van der Waals surface area (Å²) in [5.74, 6) is 0. The lowest BCUT2D eigenvalue weighted by Gasteiger charge is -2.25. The molecule has 1 saturated heterocycles. The van der Waals surface area contributed by atoms with E-state index in [4.69, 9.17) is 27.5 Å². The molecule has 0 N–H and O–H groups in total. The van der Waals surface area contributed by atoms with Crippen molar-refractivity contribution in [2.75, 3.05) is 33.0 Å². The molecule has 1 fully saturated rings. The standard InChI is InChI=1S/C12H26O6Si/c1-4-15-19(16-5-2,17-6-3)18-14-10-8-7-9-12-11-13-12/h12H,4-11H2,1-3H3. The summed E-state index contributed by atoms with van der Waals surface area (Å²) in [5.41, 5.74) is 0. The molecule has 7 heteroatoms. The molecule has 0 radical (unpaired) electrons. The van der Waals surface area contributed by atoms with Crippen LogP contribution >= 0.6 is 0 Å². The fourth-order valence-corrected chi connectivity index (χ4v) is 3.29. The first-order valence-corrected chi connectivity index (χ1v) is 8.73. The van der Waals surface area contributed by atoms with E-state index in [0.717, 1.165) is 25.9 Å². The van der Waals surface area contributed by atoms with Crippen molar-refractivity contribution in [2.24, 2.45) is 0 Å². The molecule has 1 unspecified atom stereocenters. The number of rotatable bonds is 13. The number of epoxide rings is 1. The molecule has 0 spiro atoms. The van der Waals surface area contributed by atoms with Crippen LogP contribution in [-0.2, 0) is 27.5 Å². The summed E-state index contributed by atoms with van der Waals surface area (Å²) in [6.07, 6.45) is 3.56. The van der Waals surface area contributed by atoms with Crippen molar-refractivity contribution in [1.82, 2.24) is 0 Å². The molecular formula is C12H26O6Si.